The van der Waals surface area contributed by atoms with Gasteiger partial charge in [0, 0.05) is 18.4 Å². The Morgan fingerprint density at radius 2 is 1.92 bits per heavy atom. The zero-order valence-electron chi connectivity index (χ0n) is 19.8. The summed E-state index contributed by atoms with van der Waals surface area (Å²) in [5.74, 6) is 0.811. The van der Waals surface area contributed by atoms with Crippen LogP contribution in [-0.4, -0.2) is 16.3 Å². The molecule has 0 aliphatic carbocycles. The van der Waals surface area contributed by atoms with Crippen molar-refractivity contribution in [1.29, 1.82) is 5.26 Å². The first-order valence-electron chi connectivity index (χ1n) is 12.1. The molecule has 2 aliphatic rings. The molecule has 180 valence electrons. The lowest BCUT2D eigenvalue weighted by molar-refractivity contribution is 0.335. The molecule has 1 fully saturated rings. The van der Waals surface area contributed by atoms with Crippen LogP contribution in [0.25, 0.3) is 17.1 Å². The van der Waals surface area contributed by atoms with Gasteiger partial charge < -0.3 is 14.9 Å². The third-order valence-corrected chi connectivity index (χ3v) is 7.05. The van der Waals surface area contributed by atoms with E-state index in [4.69, 9.17) is 20.0 Å². The standard InChI is InChI=1S/C28H26N6O2/c1-2-17-10-12-18(13-11-17)25-21(16-31-32-25)23-20(15-29)27(30)36-28-24(23)26(22-9-6-14-35-22)33-34(28)19-7-4-3-5-8-19/h3-14,21,23,25,31-32H,2,16,30H2,1H3. The predicted octanol–water partition coefficient (Wildman–Crippen LogP) is 4.33. The van der Waals surface area contributed by atoms with Gasteiger partial charge in [-0.2, -0.15) is 15.0 Å². The van der Waals surface area contributed by atoms with E-state index in [1.165, 1.54) is 5.56 Å². The van der Waals surface area contributed by atoms with E-state index in [1.54, 1.807) is 10.9 Å². The molecule has 3 unspecified atom stereocenters. The van der Waals surface area contributed by atoms with Crippen molar-refractivity contribution in [1.82, 2.24) is 20.6 Å². The molecule has 0 radical (unpaired) electrons. The molecule has 0 spiro atoms. The maximum atomic E-state index is 10.2. The topological polar surface area (TPSA) is 114 Å². The molecule has 2 aromatic heterocycles. The number of nitrogens with one attached hydrogen (secondary N) is 2. The van der Waals surface area contributed by atoms with Crippen molar-refractivity contribution < 1.29 is 9.15 Å². The summed E-state index contributed by atoms with van der Waals surface area (Å²) in [6.07, 6.45) is 2.60. The van der Waals surface area contributed by atoms with Gasteiger partial charge in [-0.1, -0.05) is 49.4 Å². The van der Waals surface area contributed by atoms with E-state index in [2.05, 4.69) is 48.1 Å². The molecule has 2 aromatic carbocycles. The summed E-state index contributed by atoms with van der Waals surface area (Å²) in [6.45, 7) is 2.78. The van der Waals surface area contributed by atoms with Gasteiger partial charge in [-0.3, -0.25) is 5.43 Å². The molecule has 1 saturated heterocycles. The first kappa shape index (κ1) is 22.2. The summed E-state index contributed by atoms with van der Waals surface area (Å²) < 4.78 is 13.6. The number of aromatic nitrogens is 2. The Balaban J connectivity index is 1.54. The molecular formula is C28H26N6O2. The molecular weight excluding hydrogens is 452 g/mol. The van der Waals surface area contributed by atoms with Gasteiger partial charge in [0.1, 0.15) is 11.8 Å². The van der Waals surface area contributed by atoms with E-state index in [9.17, 15) is 5.26 Å². The molecule has 0 saturated carbocycles. The maximum Gasteiger partial charge on any atom is 0.229 e. The average molecular weight is 479 g/mol. The fourth-order valence-electron chi connectivity index (χ4n) is 5.26. The minimum absolute atomic E-state index is 0.0320. The first-order chi connectivity index (χ1) is 17.7. The third kappa shape index (κ3) is 3.57. The third-order valence-electron chi connectivity index (χ3n) is 7.05. The molecule has 4 N–H and O–H groups in total. The summed E-state index contributed by atoms with van der Waals surface area (Å²) in [5, 5.41) is 15.1. The fourth-order valence-corrected chi connectivity index (χ4v) is 5.26. The lowest BCUT2D eigenvalue weighted by atomic mass is 9.75. The van der Waals surface area contributed by atoms with E-state index < -0.39 is 0 Å². The Morgan fingerprint density at radius 3 is 2.61 bits per heavy atom. The molecule has 3 atom stereocenters. The molecule has 8 nitrogen and oxygen atoms in total. The van der Waals surface area contributed by atoms with Crippen molar-refractivity contribution in [2.24, 2.45) is 11.7 Å². The number of nitrogens with two attached hydrogens (primary N) is 1. The number of aryl methyl sites for hydroxylation is 1. The van der Waals surface area contributed by atoms with Gasteiger partial charge in [-0.15, -0.1) is 0 Å². The Labute approximate surface area is 209 Å². The van der Waals surface area contributed by atoms with Crippen LogP contribution in [0.1, 0.15) is 35.6 Å². The van der Waals surface area contributed by atoms with Crippen LogP contribution < -0.4 is 21.3 Å². The number of nitriles is 1. The largest absolute Gasteiger partial charge is 0.463 e. The zero-order valence-corrected chi connectivity index (χ0v) is 19.8. The molecule has 4 heterocycles. The van der Waals surface area contributed by atoms with Gasteiger partial charge in [0.05, 0.1) is 29.1 Å². The Bertz CT molecular complexity index is 1450. The number of furan rings is 1. The maximum absolute atomic E-state index is 10.2. The molecule has 0 bridgehead atoms. The van der Waals surface area contributed by atoms with Crippen LogP contribution in [0.3, 0.4) is 0 Å². The number of ether oxygens (including phenoxy) is 1. The molecule has 2 aliphatic heterocycles. The SMILES string of the molecule is CCc1ccc(C2NNCC2C2C(C#N)=C(N)Oc3c2c(-c2ccco2)nn3-c2ccccc2)cc1. The highest BCUT2D eigenvalue weighted by Gasteiger charge is 2.45. The minimum Gasteiger partial charge on any atom is -0.463 e. The molecule has 6 rings (SSSR count). The Hall–Kier alpha value is -4.32. The quantitative estimate of drug-likeness (QED) is 0.391. The summed E-state index contributed by atoms with van der Waals surface area (Å²) >= 11 is 0. The number of fused-ring (bicyclic) bond motifs is 1. The monoisotopic (exact) mass is 478 g/mol. The normalized spacial score (nSPS) is 21.2. The van der Waals surface area contributed by atoms with E-state index in [-0.39, 0.29) is 23.8 Å². The molecule has 4 aromatic rings. The molecule has 0 amide bonds. The van der Waals surface area contributed by atoms with E-state index in [0.717, 1.165) is 23.2 Å². The lowest BCUT2D eigenvalue weighted by Crippen LogP contribution is -2.30. The van der Waals surface area contributed by atoms with Crippen LogP contribution in [0.4, 0.5) is 0 Å². The smallest absolute Gasteiger partial charge is 0.229 e. The number of para-hydroxylation sites is 1. The summed E-state index contributed by atoms with van der Waals surface area (Å²) in [6, 6.07) is 24.3. The van der Waals surface area contributed by atoms with Crippen molar-refractivity contribution in [3.8, 4) is 29.1 Å². The Kier molecular flexibility index (Phi) is 5.56. The van der Waals surface area contributed by atoms with Crippen molar-refractivity contribution >= 4 is 0 Å². The fraction of sp³-hybridized carbons (Fsp3) is 0.214. The summed E-state index contributed by atoms with van der Waals surface area (Å²) in [4.78, 5) is 0. The number of hydrogen-bond donors (Lipinski definition) is 3. The van der Waals surface area contributed by atoms with Gasteiger partial charge in [-0.25, -0.2) is 5.43 Å². The Morgan fingerprint density at radius 1 is 1.11 bits per heavy atom. The van der Waals surface area contributed by atoms with Crippen molar-refractivity contribution in [3.05, 3.63) is 101 Å². The van der Waals surface area contributed by atoms with Gasteiger partial charge in [0.25, 0.3) is 0 Å². The first-order valence-corrected chi connectivity index (χ1v) is 12.1. The molecule has 36 heavy (non-hydrogen) atoms. The highest BCUT2D eigenvalue weighted by atomic mass is 16.5. The van der Waals surface area contributed by atoms with Crippen LogP contribution >= 0.6 is 0 Å². The van der Waals surface area contributed by atoms with E-state index in [0.29, 0.717) is 29.5 Å². The number of hydrogen-bond acceptors (Lipinski definition) is 7. The van der Waals surface area contributed by atoms with Crippen molar-refractivity contribution in [2.45, 2.75) is 25.3 Å². The van der Waals surface area contributed by atoms with Crippen LogP contribution in [0.15, 0.2) is 88.9 Å². The highest BCUT2D eigenvalue weighted by molar-refractivity contribution is 5.67. The van der Waals surface area contributed by atoms with Crippen LogP contribution in [0, 0.1) is 17.2 Å². The van der Waals surface area contributed by atoms with Crippen molar-refractivity contribution in [2.75, 3.05) is 6.54 Å². The van der Waals surface area contributed by atoms with Gasteiger partial charge >= 0.3 is 0 Å². The summed E-state index contributed by atoms with van der Waals surface area (Å²) in [5.41, 5.74) is 18.2. The average Bonchev–Trinajstić information content (AvgIpc) is 3.68. The highest BCUT2D eigenvalue weighted by Crippen LogP contribution is 2.51. The number of hydrazine groups is 1. The number of rotatable bonds is 5. The van der Waals surface area contributed by atoms with Gasteiger partial charge in [0.2, 0.25) is 11.8 Å². The van der Waals surface area contributed by atoms with Crippen LogP contribution in [-0.2, 0) is 6.42 Å². The van der Waals surface area contributed by atoms with Crippen LogP contribution in [0.5, 0.6) is 5.88 Å². The van der Waals surface area contributed by atoms with E-state index >= 15 is 0 Å². The summed E-state index contributed by atoms with van der Waals surface area (Å²) in [7, 11) is 0. The van der Waals surface area contributed by atoms with Crippen LogP contribution in [0.2, 0.25) is 0 Å². The number of allylic oxidation sites excluding steroid dienone is 1. The number of nitrogens with zero attached hydrogens (tertiary/aromatic N) is 3. The predicted molar refractivity (Wildman–Crippen MR) is 135 cm³/mol. The van der Waals surface area contributed by atoms with Gasteiger partial charge in [0.15, 0.2) is 5.76 Å². The minimum atomic E-state index is -0.366. The van der Waals surface area contributed by atoms with Gasteiger partial charge in [-0.05, 0) is 41.8 Å². The lowest BCUT2D eigenvalue weighted by Gasteiger charge is -2.31. The zero-order chi connectivity index (χ0) is 24.6. The van der Waals surface area contributed by atoms with Crippen molar-refractivity contribution in [3.63, 3.8) is 0 Å². The second-order valence-electron chi connectivity index (χ2n) is 9.02. The second-order valence-corrected chi connectivity index (χ2v) is 9.02. The molecule has 8 heteroatoms. The second kappa shape index (κ2) is 9.04. The number of benzene rings is 2. The van der Waals surface area contributed by atoms with E-state index in [1.807, 2.05) is 42.5 Å².